The molecule has 2 aliphatic rings. The molecule has 1 saturated heterocycles. The zero-order valence-electron chi connectivity index (χ0n) is 15.8. The third kappa shape index (κ3) is 3.51. The lowest BCUT2D eigenvalue weighted by Crippen LogP contribution is -2.54. The molecule has 1 aromatic carbocycles. The minimum atomic E-state index is -0.561. The van der Waals surface area contributed by atoms with Crippen molar-refractivity contribution in [2.24, 2.45) is 5.92 Å². The molecule has 1 heterocycles. The molecule has 2 fully saturated rings. The van der Waals surface area contributed by atoms with Crippen LogP contribution in [0.25, 0.3) is 0 Å². The quantitative estimate of drug-likeness (QED) is 0.821. The molecule has 25 heavy (non-hydrogen) atoms. The monoisotopic (exact) mass is 344 g/mol. The van der Waals surface area contributed by atoms with Gasteiger partial charge in [-0.15, -0.1) is 0 Å². The van der Waals surface area contributed by atoms with E-state index in [1.54, 1.807) is 16.8 Å². The third-order valence-electron chi connectivity index (χ3n) is 5.16. The van der Waals surface area contributed by atoms with Gasteiger partial charge >= 0.3 is 6.09 Å². The number of carbonyl (C=O) groups excluding carboxylic acids is 2. The molecule has 2 amide bonds. The summed E-state index contributed by atoms with van der Waals surface area (Å²) in [6.45, 7) is 7.57. The number of ether oxygens (including phenoxy) is 1. The van der Waals surface area contributed by atoms with Gasteiger partial charge in [-0.25, -0.2) is 4.79 Å². The Morgan fingerprint density at radius 2 is 1.96 bits per heavy atom. The van der Waals surface area contributed by atoms with Gasteiger partial charge < -0.3 is 9.64 Å². The van der Waals surface area contributed by atoms with Crippen LogP contribution in [0.1, 0.15) is 45.6 Å². The van der Waals surface area contributed by atoms with E-state index in [-0.39, 0.29) is 24.0 Å². The van der Waals surface area contributed by atoms with E-state index in [1.807, 2.05) is 52.0 Å². The number of likely N-dealkylation sites (N-methyl/N-ethyl adjacent to an activating group) is 1. The van der Waals surface area contributed by atoms with Crippen LogP contribution in [0.5, 0.6) is 0 Å². The second-order valence-corrected chi connectivity index (χ2v) is 8.30. The van der Waals surface area contributed by atoms with E-state index in [0.29, 0.717) is 0 Å². The van der Waals surface area contributed by atoms with Crippen molar-refractivity contribution in [3.05, 3.63) is 29.8 Å². The fraction of sp³-hybridized carbons (Fsp3) is 0.600. The Morgan fingerprint density at radius 1 is 1.24 bits per heavy atom. The maximum atomic E-state index is 13.2. The first kappa shape index (κ1) is 17.8. The van der Waals surface area contributed by atoms with Gasteiger partial charge in [0.25, 0.3) is 0 Å². The van der Waals surface area contributed by atoms with Crippen molar-refractivity contribution >= 4 is 17.7 Å². The summed E-state index contributed by atoms with van der Waals surface area (Å²) in [5.74, 6) is 0.209. The number of hydrogen-bond donors (Lipinski definition) is 0. The number of fused-ring (bicyclic) bond motifs is 2. The van der Waals surface area contributed by atoms with Gasteiger partial charge in [0.1, 0.15) is 11.6 Å². The van der Waals surface area contributed by atoms with Crippen molar-refractivity contribution in [1.82, 2.24) is 4.90 Å². The van der Waals surface area contributed by atoms with E-state index in [0.717, 1.165) is 30.5 Å². The Bertz CT molecular complexity index is 680. The highest BCUT2D eigenvalue weighted by molar-refractivity contribution is 5.99. The molecular weight excluding hydrogens is 316 g/mol. The van der Waals surface area contributed by atoms with Crippen LogP contribution in [0.4, 0.5) is 10.5 Å². The van der Waals surface area contributed by atoms with E-state index < -0.39 is 11.6 Å². The van der Waals surface area contributed by atoms with Crippen molar-refractivity contribution < 1.29 is 14.3 Å². The standard InChI is InChI=1S/C20H28N2O3/c1-13-7-6-8-15(11-13)21(5)18(23)17-14-9-10-16(12-14)22(17)19(24)25-20(2,3)4/h6-8,11,14,16-17H,9-10,12H2,1-5H3. The highest BCUT2D eigenvalue weighted by Crippen LogP contribution is 2.44. The van der Waals surface area contributed by atoms with Gasteiger partial charge in [-0.3, -0.25) is 9.69 Å². The maximum absolute atomic E-state index is 13.2. The summed E-state index contributed by atoms with van der Waals surface area (Å²) in [6.07, 6.45) is 2.50. The molecule has 1 saturated carbocycles. The summed E-state index contributed by atoms with van der Waals surface area (Å²) >= 11 is 0. The van der Waals surface area contributed by atoms with Gasteiger partial charge in [-0.1, -0.05) is 12.1 Å². The van der Waals surface area contributed by atoms with Crippen LogP contribution in [0.3, 0.4) is 0 Å². The summed E-state index contributed by atoms with van der Waals surface area (Å²) in [5.41, 5.74) is 1.40. The predicted octanol–water partition coefficient (Wildman–Crippen LogP) is 3.75. The number of amides is 2. The van der Waals surface area contributed by atoms with Crippen LogP contribution >= 0.6 is 0 Å². The zero-order chi connectivity index (χ0) is 18.4. The van der Waals surface area contributed by atoms with Crippen molar-refractivity contribution in [2.75, 3.05) is 11.9 Å². The summed E-state index contributed by atoms with van der Waals surface area (Å²) in [7, 11) is 1.79. The molecular formula is C20H28N2O3. The van der Waals surface area contributed by atoms with Crippen LogP contribution in [0.15, 0.2) is 24.3 Å². The normalized spacial score (nSPS) is 25.2. The predicted molar refractivity (Wildman–Crippen MR) is 97.6 cm³/mol. The summed E-state index contributed by atoms with van der Waals surface area (Å²) < 4.78 is 5.58. The maximum Gasteiger partial charge on any atom is 0.411 e. The summed E-state index contributed by atoms with van der Waals surface area (Å²) in [6, 6.07) is 7.57. The molecule has 1 aliphatic heterocycles. The van der Waals surface area contributed by atoms with Gasteiger partial charge in [0, 0.05) is 18.8 Å². The number of anilines is 1. The third-order valence-corrected chi connectivity index (χ3v) is 5.16. The molecule has 5 heteroatoms. The molecule has 0 N–H and O–H groups in total. The Labute approximate surface area is 149 Å². The van der Waals surface area contributed by atoms with Crippen LogP contribution in [0.2, 0.25) is 0 Å². The number of piperidine rings is 1. The molecule has 136 valence electrons. The minimum absolute atomic E-state index is 0.0244. The van der Waals surface area contributed by atoms with Gasteiger partial charge in [0.05, 0.1) is 0 Å². The number of hydrogen-bond acceptors (Lipinski definition) is 3. The van der Waals surface area contributed by atoms with Crippen LogP contribution in [-0.4, -0.2) is 41.6 Å². The van der Waals surface area contributed by atoms with E-state index >= 15 is 0 Å². The fourth-order valence-corrected chi connectivity index (χ4v) is 4.05. The van der Waals surface area contributed by atoms with Crippen molar-refractivity contribution in [3.63, 3.8) is 0 Å². The van der Waals surface area contributed by atoms with Crippen molar-refractivity contribution in [3.8, 4) is 0 Å². The molecule has 1 aromatic rings. The Kier molecular flexibility index (Phi) is 4.52. The van der Waals surface area contributed by atoms with Gasteiger partial charge in [-0.2, -0.15) is 0 Å². The van der Waals surface area contributed by atoms with Crippen LogP contribution < -0.4 is 4.90 Å². The largest absolute Gasteiger partial charge is 0.444 e. The SMILES string of the molecule is Cc1cccc(N(C)C(=O)C2C3CCC(C3)N2C(=O)OC(C)(C)C)c1. The smallest absolute Gasteiger partial charge is 0.411 e. The second kappa shape index (κ2) is 6.36. The molecule has 3 atom stereocenters. The van der Waals surface area contributed by atoms with Crippen molar-refractivity contribution in [2.45, 2.75) is 64.6 Å². The Hall–Kier alpha value is -2.04. The molecule has 1 aliphatic carbocycles. The molecule has 2 bridgehead atoms. The summed E-state index contributed by atoms with van der Waals surface area (Å²) in [5, 5.41) is 0. The molecule has 5 nitrogen and oxygen atoms in total. The number of aryl methyl sites for hydroxylation is 1. The molecule has 0 aromatic heterocycles. The highest BCUT2D eigenvalue weighted by atomic mass is 16.6. The van der Waals surface area contributed by atoms with E-state index in [2.05, 4.69) is 0 Å². The van der Waals surface area contributed by atoms with E-state index in [4.69, 9.17) is 4.74 Å². The topological polar surface area (TPSA) is 49.9 Å². The number of nitrogens with zero attached hydrogens (tertiary/aromatic N) is 2. The second-order valence-electron chi connectivity index (χ2n) is 8.30. The Balaban J connectivity index is 1.83. The molecule has 3 unspecified atom stereocenters. The lowest BCUT2D eigenvalue weighted by Gasteiger charge is -2.37. The number of benzene rings is 1. The first-order valence-electron chi connectivity index (χ1n) is 9.03. The van der Waals surface area contributed by atoms with Crippen LogP contribution in [-0.2, 0) is 9.53 Å². The van der Waals surface area contributed by atoms with Crippen molar-refractivity contribution in [1.29, 1.82) is 0 Å². The average Bonchev–Trinajstić information content (AvgIpc) is 3.12. The lowest BCUT2D eigenvalue weighted by atomic mass is 9.97. The number of likely N-dealkylation sites (tertiary alicyclic amines) is 1. The molecule has 0 radical (unpaired) electrons. The lowest BCUT2D eigenvalue weighted by molar-refractivity contribution is -0.125. The number of carbonyl (C=O) groups is 2. The average molecular weight is 344 g/mol. The molecule has 0 spiro atoms. The van der Waals surface area contributed by atoms with E-state index in [1.165, 1.54) is 0 Å². The summed E-state index contributed by atoms with van der Waals surface area (Å²) in [4.78, 5) is 29.3. The number of rotatable bonds is 2. The van der Waals surface area contributed by atoms with Gasteiger partial charge in [0.15, 0.2) is 0 Å². The van der Waals surface area contributed by atoms with E-state index in [9.17, 15) is 9.59 Å². The fourth-order valence-electron chi connectivity index (χ4n) is 4.05. The van der Waals surface area contributed by atoms with Gasteiger partial charge in [0.2, 0.25) is 5.91 Å². The zero-order valence-corrected chi connectivity index (χ0v) is 15.8. The highest BCUT2D eigenvalue weighted by Gasteiger charge is 2.53. The van der Waals surface area contributed by atoms with Crippen LogP contribution in [0, 0.1) is 12.8 Å². The molecule has 3 rings (SSSR count). The Morgan fingerprint density at radius 3 is 2.60 bits per heavy atom. The first-order chi connectivity index (χ1) is 11.7. The first-order valence-corrected chi connectivity index (χ1v) is 9.03. The minimum Gasteiger partial charge on any atom is -0.444 e. The van der Waals surface area contributed by atoms with Gasteiger partial charge in [-0.05, 0) is 70.6 Å².